The Morgan fingerprint density at radius 1 is 1.29 bits per heavy atom. The second-order valence-corrected chi connectivity index (χ2v) is 10.7. The third-order valence-electron chi connectivity index (χ3n) is 6.73. The van der Waals surface area contributed by atoms with Crippen molar-refractivity contribution in [2.75, 3.05) is 30.4 Å². The van der Waals surface area contributed by atoms with Crippen molar-refractivity contribution in [3.05, 3.63) is 48.4 Å². The van der Waals surface area contributed by atoms with Crippen LogP contribution in [0.3, 0.4) is 0 Å². The zero-order valence-electron chi connectivity index (χ0n) is 18.0. The highest BCUT2D eigenvalue weighted by Crippen LogP contribution is 2.35. The quantitative estimate of drug-likeness (QED) is 0.463. The van der Waals surface area contributed by atoms with E-state index in [4.69, 9.17) is 0 Å². The number of nitrogens with zero attached hydrogens (tertiary/aromatic N) is 6. The minimum atomic E-state index is -3.48. The first-order chi connectivity index (χ1) is 16.4. The fourth-order valence-electron chi connectivity index (χ4n) is 4.96. The van der Waals surface area contributed by atoms with Gasteiger partial charge in [-0.25, -0.2) is 32.2 Å². The smallest absolute Gasteiger partial charge is 0.196 e. The van der Waals surface area contributed by atoms with Crippen LogP contribution in [0.25, 0.3) is 22.3 Å². The molecule has 0 aromatic carbocycles. The maximum atomic E-state index is 14.8. The molecule has 2 aliphatic heterocycles. The molecule has 1 N–H and O–H groups in total. The van der Waals surface area contributed by atoms with Crippen LogP contribution in [0.5, 0.6) is 0 Å². The zero-order chi connectivity index (χ0) is 23.4. The number of alkyl halides is 1. The summed E-state index contributed by atoms with van der Waals surface area (Å²) in [5.41, 5.74) is 2.58. The van der Waals surface area contributed by atoms with Gasteiger partial charge in [-0.05, 0) is 30.5 Å². The fourth-order valence-corrected chi connectivity index (χ4v) is 6.43. The second kappa shape index (κ2) is 7.83. The fraction of sp³-hybridized carbons (Fsp3) is 0.364. The average molecular weight is 486 g/mol. The van der Waals surface area contributed by atoms with Crippen LogP contribution in [0, 0.1) is 11.7 Å². The molecule has 2 atom stereocenters. The first kappa shape index (κ1) is 21.1. The van der Waals surface area contributed by atoms with Crippen LogP contribution in [0.2, 0.25) is 0 Å². The van der Waals surface area contributed by atoms with Gasteiger partial charge in [0.25, 0.3) is 0 Å². The molecule has 4 aromatic heterocycles. The van der Waals surface area contributed by atoms with Crippen molar-refractivity contribution in [2.24, 2.45) is 5.92 Å². The Hall–Kier alpha value is -3.41. The SMILES string of the molecule is O=S1(=O)CCc2cc(F)c(N3CCC(C(CF)n4cc(-c5ncnc6[nH]ccc56)cn4)C3)nc21. The van der Waals surface area contributed by atoms with Crippen molar-refractivity contribution in [1.29, 1.82) is 0 Å². The number of aromatic amines is 1. The zero-order valence-corrected chi connectivity index (χ0v) is 18.8. The average Bonchev–Trinajstić information content (AvgIpc) is 3.61. The molecule has 0 bridgehead atoms. The first-order valence-electron chi connectivity index (χ1n) is 11.0. The maximum absolute atomic E-state index is 14.8. The van der Waals surface area contributed by atoms with Gasteiger partial charge in [0.2, 0.25) is 0 Å². The van der Waals surface area contributed by atoms with Gasteiger partial charge in [0, 0.05) is 42.4 Å². The Bertz CT molecular complexity index is 1500. The van der Waals surface area contributed by atoms with Crippen LogP contribution in [0.4, 0.5) is 14.6 Å². The lowest BCUT2D eigenvalue weighted by Crippen LogP contribution is -2.27. The summed E-state index contributed by atoms with van der Waals surface area (Å²) < 4.78 is 55.1. The lowest BCUT2D eigenvalue weighted by atomic mass is 10.0. The molecule has 176 valence electrons. The molecule has 12 heteroatoms. The van der Waals surface area contributed by atoms with Gasteiger partial charge >= 0.3 is 0 Å². The summed E-state index contributed by atoms with van der Waals surface area (Å²) in [7, 11) is -3.48. The molecule has 6 heterocycles. The van der Waals surface area contributed by atoms with E-state index in [2.05, 4.69) is 25.0 Å². The maximum Gasteiger partial charge on any atom is 0.196 e. The highest BCUT2D eigenvalue weighted by atomic mass is 32.2. The lowest BCUT2D eigenvalue weighted by molar-refractivity contribution is 0.257. The molecule has 0 saturated carbocycles. The molecule has 0 amide bonds. The third-order valence-corrected chi connectivity index (χ3v) is 8.41. The Labute approximate surface area is 193 Å². The molecule has 2 unspecified atom stereocenters. The highest BCUT2D eigenvalue weighted by molar-refractivity contribution is 7.91. The largest absolute Gasteiger partial charge is 0.354 e. The molecule has 9 nitrogen and oxygen atoms in total. The summed E-state index contributed by atoms with van der Waals surface area (Å²) in [5.74, 6) is -0.731. The predicted molar refractivity (Wildman–Crippen MR) is 120 cm³/mol. The van der Waals surface area contributed by atoms with Gasteiger partial charge in [0.1, 0.15) is 18.6 Å². The van der Waals surface area contributed by atoms with E-state index in [0.29, 0.717) is 36.4 Å². The normalized spacial score (nSPS) is 20.2. The summed E-state index contributed by atoms with van der Waals surface area (Å²) in [5, 5.41) is 5.21. The number of halogens is 2. The van der Waals surface area contributed by atoms with Crippen molar-refractivity contribution in [1.82, 2.24) is 29.7 Å². The minimum Gasteiger partial charge on any atom is -0.354 e. The molecular weight excluding hydrogens is 464 g/mol. The van der Waals surface area contributed by atoms with Gasteiger partial charge in [-0.2, -0.15) is 5.10 Å². The molecule has 1 fully saturated rings. The highest BCUT2D eigenvalue weighted by Gasteiger charge is 2.35. The van der Waals surface area contributed by atoms with Crippen LogP contribution >= 0.6 is 0 Å². The van der Waals surface area contributed by atoms with E-state index in [1.807, 2.05) is 6.07 Å². The molecule has 4 aromatic rings. The number of anilines is 1. The number of hydrogen-bond acceptors (Lipinski definition) is 7. The van der Waals surface area contributed by atoms with E-state index in [1.54, 1.807) is 28.2 Å². The summed E-state index contributed by atoms with van der Waals surface area (Å²) in [6.07, 6.45) is 7.54. The van der Waals surface area contributed by atoms with Crippen molar-refractivity contribution < 1.29 is 17.2 Å². The van der Waals surface area contributed by atoms with E-state index >= 15 is 0 Å². The van der Waals surface area contributed by atoms with Gasteiger partial charge in [0.15, 0.2) is 26.5 Å². The molecule has 0 radical (unpaired) electrons. The number of sulfone groups is 1. The number of aromatic nitrogens is 6. The third kappa shape index (κ3) is 3.35. The minimum absolute atomic E-state index is 0.0151. The molecule has 0 aliphatic carbocycles. The van der Waals surface area contributed by atoms with Crippen molar-refractivity contribution >= 4 is 26.7 Å². The molecule has 34 heavy (non-hydrogen) atoms. The molecular formula is C22H21F2N7O2S. The van der Waals surface area contributed by atoms with Crippen molar-refractivity contribution in [3.8, 4) is 11.3 Å². The number of nitrogens with one attached hydrogen (secondary N) is 1. The Kier molecular flexibility index (Phi) is 4.87. The number of aryl methyl sites for hydroxylation is 1. The van der Waals surface area contributed by atoms with Gasteiger partial charge in [-0.3, -0.25) is 4.68 Å². The standard InChI is InChI=1S/C22H21F2N7O2S/c23-8-18(31-11-15(9-28-31)19-16-1-4-25-20(16)27-12-26-19)14-2-5-30(10-14)21-17(24)7-13-3-6-34(32,33)22(13)29-21/h1,4,7,9,11-12,14,18H,2-3,5-6,8,10H2,(H,25,26,27). The van der Waals surface area contributed by atoms with Crippen molar-refractivity contribution in [3.63, 3.8) is 0 Å². The van der Waals surface area contributed by atoms with E-state index in [0.717, 1.165) is 10.9 Å². The topological polar surface area (TPSA) is 110 Å². The molecule has 0 spiro atoms. The van der Waals surface area contributed by atoms with E-state index in [-0.39, 0.29) is 28.9 Å². The molecule has 2 aliphatic rings. The van der Waals surface area contributed by atoms with E-state index in [1.165, 1.54) is 12.4 Å². The van der Waals surface area contributed by atoms with Gasteiger partial charge in [-0.1, -0.05) is 0 Å². The van der Waals surface area contributed by atoms with Crippen molar-refractivity contribution in [2.45, 2.75) is 23.9 Å². The van der Waals surface area contributed by atoms with Gasteiger partial charge < -0.3 is 9.88 Å². The van der Waals surface area contributed by atoms with Crippen LogP contribution in [0.15, 0.2) is 42.1 Å². The van der Waals surface area contributed by atoms with Crippen LogP contribution in [0.1, 0.15) is 18.0 Å². The summed E-state index contributed by atoms with van der Waals surface area (Å²) >= 11 is 0. The Morgan fingerprint density at radius 2 is 2.18 bits per heavy atom. The van der Waals surface area contributed by atoms with E-state index in [9.17, 15) is 17.2 Å². The van der Waals surface area contributed by atoms with Crippen LogP contribution in [-0.2, 0) is 16.3 Å². The predicted octanol–water partition coefficient (Wildman–Crippen LogP) is 2.72. The van der Waals surface area contributed by atoms with Crippen LogP contribution < -0.4 is 4.90 Å². The lowest BCUT2D eigenvalue weighted by Gasteiger charge is -2.23. The van der Waals surface area contributed by atoms with Gasteiger partial charge in [-0.15, -0.1) is 0 Å². The summed E-state index contributed by atoms with van der Waals surface area (Å²) in [4.78, 5) is 17.5. The number of H-pyrrole nitrogens is 1. The number of pyridine rings is 1. The number of fused-ring (bicyclic) bond motifs is 2. The summed E-state index contributed by atoms with van der Waals surface area (Å²) in [6, 6.07) is 2.59. The second-order valence-electron chi connectivity index (χ2n) is 8.71. The number of hydrogen-bond donors (Lipinski definition) is 1. The van der Waals surface area contributed by atoms with Gasteiger partial charge in [0.05, 0.1) is 23.7 Å². The molecule has 6 rings (SSSR count). The monoisotopic (exact) mass is 485 g/mol. The number of rotatable bonds is 5. The Morgan fingerprint density at radius 3 is 3.03 bits per heavy atom. The summed E-state index contributed by atoms with van der Waals surface area (Å²) in [6.45, 7) is 0.160. The first-order valence-corrected chi connectivity index (χ1v) is 12.7. The molecule has 1 saturated heterocycles. The van der Waals surface area contributed by atoms with Crippen LogP contribution in [-0.4, -0.2) is 63.7 Å². The van der Waals surface area contributed by atoms with E-state index < -0.39 is 28.4 Å². The Balaban J connectivity index is 1.26.